The molecule has 3 rings (SSSR count). The molecule has 1 aromatic heterocycles. The third kappa shape index (κ3) is 3.08. The molecular formula is C19H19ClN2. The highest BCUT2D eigenvalue weighted by Crippen LogP contribution is 2.24. The van der Waals surface area contributed by atoms with Crippen LogP contribution in [0.3, 0.4) is 0 Å². The Morgan fingerprint density at radius 3 is 2.64 bits per heavy atom. The van der Waals surface area contributed by atoms with Crippen LogP contribution in [0.15, 0.2) is 67.4 Å². The van der Waals surface area contributed by atoms with Crippen molar-refractivity contribution >= 4 is 22.5 Å². The molecule has 22 heavy (non-hydrogen) atoms. The predicted molar refractivity (Wildman–Crippen MR) is 94.4 cm³/mol. The van der Waals surface area contributed by atoms with Gasteiger partial charge in [-0.15, -0.1) is 6.58 Å². The summed E-state index contributed by atoms with van der Waals surface area (Å²) in [6.45, 7) is 6.17. The third-order valence-corrected chi connectivity index (χ3v) is 4.14. The molecule has 0 bridgehead atoms. The van der Waals surface area contributed by atoms with Gasteiger partial charge in [0.15, 0.2) is 0 Å². The first-order valence-electron chi connectivity index (χ1n) is 7.41. The van der Waals surface area contributed by atoms with E-state index in [2.05, 4.69) is 53.0 Å². The molecule has 0 saturated carbocycles. The third-order valence-electron chi connectivity index (χ3n) is 3.77. The van der Waals surface area contributed by atoms with Gasteiger partial charge in [-0.3, -0.25) is 0 Å². The van der Waals surface area contributed by atoms with Crippen LogP contribution in [0.5, 0.6) is 0 Å². The van der Waals surface area contributed by atoms with Crippen molar-refractivity contribution in [1.82, 2.24) is 9.88 Å². The molecule has 2 nitrogen and oxygen atoms in total. The summed E-state index contributed by atoms with van der Waals surface area (Å²) in [6, 6.07) is 16.5. The van der Waals surface area contributed by atoms with Gasteiger partial charge in [0, 0.05) is 41.8 Å². The molecule has 2 aromatic carbocycles. The number of rotatable bonds is 6. The van der Waals surface area contributed by atoms with E-state index in [0.29, 0.717) is 0 Å². The maximum Gasteiger partial charge on any atom is 0.0491 e. The Bertz CT molecular complexity index is 789. The van der Waals surface area contributed by atoms with Crippen LogP contribution in [-0.2, 0) is 13.1 Å². The van der Waals surface area contributed by atoms with E-state index >= 15 is 0 Å². The average molecular weight is 311 g/mol. The van der Waals surface area contributed by atoms with Crippen LogP contribution >= 0.6 is 11.6 Å². The molecule has 0 unspecified atom stereocenters. The molecule has 0 atom stereocenters. The van der Waals surface area contributed by atoms with E-state index in [9.17, 15) is 0 Å². The first-order valence-corrected chi connectivity index (χ1v) is 7.79. The number of fused-ring (bicyclic) bond motifs is 1. The molecular weight excluding hydrogens is 292 g/mol. The van der Waals surface area contributed by atoms with Gasteiger partial charge in [0.1, 0.15) is 0 Å². The molecule has 0 aliphatic carbocycles. The fourth-order valence-corrected chi connectivity index (χ4v) is 2.91. The van der Waals surface area contributed by atoms with Gasteiger partial charge in [0.2, 0.25) is 0 Å². The van der Waals surface area contributed by atoms with E-state index in [1.807, 2.05) is 24.3 Å². The summed E-state index contributed by atoms with van der Waals surface area (Å²) in [6.07, 6.45) is 4.09. The van der Waals surface area contributed by atoms with Gasteiger partial charge in [-0.25, -0.2) is 0 Å². The van der Waals surface area contributed by atoms with Gasteiger partial charge in [-0.1, -0.05) is 54.1 Å². The molecule has 0 aliphatic heterocycles. The minimum absolute atomic E-state index is 0.779. The van der Waals surface area contributed by atoms with Crippen LogP contribution in [0.4, 0.5) is 0 Å². The number of nitrogens with zero attached hydrogens (tertiary/aromatic N) is 1. The van der Waals surface area contributed by atoms with Gasteiger partial charge in [-0.05, 0) is 23.3 Å². The largest absolute Gasteiger partial charge is 0.343 e. The van der Waals surface area contributed by atoms with Crippen LogP contribution in [0.1, 0.15) is 11.1 Å². The lowest BCUT2D eigenvalue weighted by molar-refractivity contribution is 0.754. The quantitative estimate of drug-likeness (QED) is 0.519. The van der Waals surface area contributed by atoms with Gasteiger partial charge in [0.05, 0.1) is 0 Å². The summed E-state index contributed by atoms with van der Waals surface area (Å²) in [5.41, 5.74) is 3.66. The van der Waals surface area contributed by atoms with Crippen molar-refractivity contribution < 1.29 is 0 Å². The molecule has 112 valence electrons. The summed E-state index contributed by atoms with van der Waals surface area (Å²) in [7, 11) is 0. The summed E-state index contributed by atoms with van der Waals surface area (Å²) in [5, 5.41) is 5.47. The maximum atomic E-state index is 6.30. The SMILES string of the molecule is C=CCNCc1cn(Cc2ccccc2Cl)c2ccccc12. The molecule has 0 amide bonds. The van der Waals surface area contributed by atoms with E-state index < -0.39 is 0 Å². The summed E-state index contributed by atoms with van der Waals surface area (Å²) in [4.78, 5) is 0. The zero-order valence-electron chi connectivity index (χ0n) is 12.4. The Morgan fingerprint density at radius 2 is 1.82 bits per heavy atom. The van der Waals surface area contributed by atoms with Crippen LogP contribution < -0.4 is 5.32 Å². The standard InChI is InChI=1S/C19H19ClN2/c1-2-11-21-12-16-14-22(19-10-6-4-8-17(16)19)13-15-7-3-5-9-18(15)20/h2-10,14,21H,1,11-13H2. The zero-order valence-corrected chi connectivity index (χ0v) is 13.2. The second-order valence-corrected chi connectivity index (χ2v) is 5.72. The molecule has 0 fully saturated rings. The van der Waals surface area contributed by atoms with Crippen molar-refractivity contribution in [2.75, 3.05) is 6.54 Å². The molecule has 3 heteroatoms. The van der Waals surface area contributed by atoms with E-state index in [1.165, 1.54) is 16.5 Å². The minimum Gasteiger partial charge on any atom is -0.343 e. The van der Waals surface area contributed by atoms with Gasteiger partial charge in [-0.2, -0.15) is 0 Å². The Morgan fingerprint density at radius 1 is 1.05 bits per heavy atom. The van der Waals surface area contributed by atoms with Crippen LogP contribution in [0.25, 0.3) is 10.9 Å². The van der Waals surface area contributed by atoms with Gasteiger partial charge >= 0.3 is 0 Å². The van der Waals surface area contributed by atoms with E-state index in [4.69, 9.17) is 11.6 Å². The van der Waals surface area contributed by atoms with E-state index in [-0.39, 0.29) is 0 Å². The Balaban J connectivity index is 1.95. The number of hydrogen-bond acceptors (Lipinski definition) is 1. The number of halogens is 1. The first kappa shape index (κ1) is 14.9. The lowest BCUT2D eigenvalue weighted by atomic mass is 10.2. The van der Waals surface area contributed by atoms with Crippen LogP contribution in [-0.4, -0.2) is 11.1 Å². The fraction of sp³-hybridized carbons (Fsp3) is 0.158. The average Bonchev–Trinajstić information content (AvgIpc) is 2.88. The van der Waals surface area contributed by atoms with Gasteiger partial charge < -0.3 is 9.88 Å². The molecule has 0 saturated heterocycles. The summed E-state index contributed by atoms with van der Waals surface area (Å²) in [5.74, 6) is 0. The van der Waals surface area contributed by atoms with Crippen molar-refractivity contribution in [3.8, 4) is 0 Å². The van der Waals surface area contributed by atoms with E-state index in [1.54, 1.807) is 0 Å². The van der Waals surface area contributed by atoms with Crippen molar-refractivity contribution in [3.63, 3.8) is 0 Å². The minimum atomic E-state index is 0.779. The highest BCUT2D eigenvalue weighted by molar-refractivity contribution is 6.31. The first-order chi connectivity index (χ1) is 10.8. The maximum absolute atomic E-state index is 6.30. The highest BCUT2D eigenvalue weighted by Gasteiger charge is 2.09. The Hall–Kier alpha value is -2.03. The van der Waals surface area contributed by atoms with Crippen molar-refractivity contribution in [2.45, 2.75) is 13.1 Å². The van der Waals surface area contributed by atoms with Crippen LogP contribution in [0, 0.1) is 0 Å². The zero-order chi connectivity index (χ0) is 15.4. The number of aromatic nitrogens is 1. The topological polar surface area (TPSA) is 17.0 Å². The summed E-state index contributed by atoms with van der Waals surface area (Å²) >= 11 is 6.30. The second-order valence-electron chi connectivity index (χ2n) is 5.31. The normalized spacial score (nSPS) is 11.0. The second kappa shape index (κ2) is 6.82. The van der Waals surface area contributed by atoms with Gasteiger partial charge in [0.25, 0.3) is 0 Å². The molecule has 1 N–H and O–H groups in total. The smallest absolute Gasteiger partial charge is 0.0491 e. The van der Waals surface area contributed by atoms with E-state index in [0.717, 1.165) is 30.2 Å². The predicted octanol–water partition coefficient (Wildman–Crippen LogP) is 4.62. The monoisotopic (exact) mass is 310 g/mol. The Labute approximate surface area is 136 Å². The molecule has 3 aromatic rings. The van der Waals surface area contributed by atoms with Crippen molar-refractivity contribution in [3.05, 3.63) is 83.5 Å². The molecule has 0 spiro atoms. The molecule has 0 aliphatic rings. The number of hydrogen-bond donors (Lipinski definition) is 1. The Kier molecular flexibility index (Phi) is 4.62. The fourth-order valence-electron chi connectivity index (χ4n) is 2.71. The molecule has 0 radical (unpaired) electrons. The van der Waals surface area contributed by atoms with Crippen molar-refractivity contribution in [1.29, 1.82) is 0 Å². The number of nitrogens with one attached hydrogen (secondary N) is 1. The lowest BCUT2D eigenvalue weighted by Gasteiger charge is -2.07. The van der Waals surface area contributed by atoms with Crippen molar-refractivity contribution in [2.24, 2.45) is 0 Å². The van der Waals surface area contributed by atoms with Crippen LogP contribution in [0.2, 0.25) is 5.02 Å². The summed E-state index contributed by atoms with van der Waals surface area (Å²) < 4.78 is 2.27. The number of para-hydroxylation sites is 1. The number of benzene rings is 2. The highest BCUT2D eigenvalue weighted by atomic mass is 35.5. The molecule has 1 heterocycles. The lowest BCUT2D eigenvalue weighted by Crippen LogP contribution is -2.12.